The fraction of sp³-hybridized carbons (Fsp3) is 0.143. The standard InChI is InChI=1S/C14H11BrFN3O3/c1-8(11-3-2-4-13(16)18-11)22-12-6-5-9(7-10(12)15)17-14(20)19-21/h2-8H,1H3,(H,17,20). The highest BCUT2D eigenvalue weighted by atomic mass is 79.9. The van der Waals surface area contributed by atoms with Crippen molar-refractivity contribution in [1.82, 2.24) is 4.98 Å². The van der Waals surface area contributed by atoms with Crippen LogP contribution in [0.15, 0.2) is 46.0 Å². The predicted molar refractivity (Wildman–Crippen MR) is 82.2 cm³/mol. The van der Waals surface area contributed by atoms with E-state index < -0.39 is 18.1 Å². The van der Waals surface area contributed by atoms with Crippen molar-refractivity contribution in [2.24, 2.45) is 5.18 Å². The minimum atomic E-state index is -0.988. The van der Waals surface area contributed by atoms with Gasteiger partial charge in [0.2, 0.25) is 5.95 Å². The van der Waals surface area contributed by atoms with E-state index >= 15 is 0 Å². The van der Waals surface area contributed by atoms with Gasteiger partial charge in [-0.05, 0) is 53.2 Å². The van der Waals surface area contributed by atoms with Gasteiger partial charge in [0.1, 0.15) is 11.9 Å². The van der Waals surface area contributed by atoms with E-state index in [2.05, 4.69) is 31.4 Å². The summed E-state index contributed by atoms with van der Waals surface area (Å²) in [4.78, 5) is 24.7. The van der Waals surface area contributed by atoms with Crippen molar-refractivity contribution in [2.75, 3.05) is 5.32 Å². The van der Waals surface area contributed by atoms with Gasteiger partial charge in [-0.3, -0.25) is 0 Å². The van der Waals surface area contributed by atoms with Crippen molar-refractivity contribution in [2.45, 2.75) is 13.0 Å². The molecule has 114 valence electrons. The Hall–Kier alpha value is -2.35. The Labute approximate surface area is 133 Å². The molecule has 0 spiro atoms. The summed E-state index contributed by atoms with van der Waals surface area (Å²) in [6.45, 7) is 1.74. The van der Waals surface area contributed by atoms with Gasteiger partial charge in [-0.15, -0.1) is 4.91 Å². The zero-order valence-electron chi connectivity index (χ0n) is 11.4. The number of nitroso groups, excluding NO2 is 1. The molecule has 1 unspecified atom stereocenters. The van der Waals surface area contributed by atoms with Crippen LogP contribution in [0, 0.1) is 10.9 Å². The van der Waals surface area contributed by atoms with Crippen LogP contribution in [0.1, 0.15) is 18.7 Å². The molecule has 0 aliphatic heterocycles. The first-order valence-electron chi connectivity index (χ1n) is 6.22. The van der Waals surface area contributed by atoms with Crippen molar-refractivity contribution in [3.63, 3.8) is 0 Å². The van der Waals surface area contributed by atoms with Crippen LogP contribution in [-0.2, 0) is 0 Å². The van der Waals surface area contributed by atoms with Crippen LogP contribution < -0.4 is 10.1 Å². The van der Waals surface area contributed by atoms with Gasteiger partial charge in [-0.2, -0.15) is 4.39 Å². The number of hydrogen-bond donors (Lipinski definition) is 1. The molecule has 0 aliphatic carbocycles. The molecule has 1 atom stereocenters. The highest BCUT2D eigenvalue weighted by Gasteiger charge is 2.12. The predicted octanol–water partition coefficient (Wildman–Crippen LogP) is 4.42. The van der Waals surface area contributed by atoms with E-state index in [0.29, 0.717) is 21.6 Å². The number of urea groups is 1. The number of aromatic nitrogens is 1. The number of pyridine rings is 1. The van der Waals surface area contributed by atoms with Gasteiger partial charge in [0.15, 0.2) is 0 Å². The van der Waals surface area contributed by atoms with Crippen LogP contribution in [-0.4, -0.2) is 11.0 Å². The summed E-state index contributed by atoms with van der Waals surface area (Å²) >= 11 is 3.29. The lowest BCUT2D eigenvalue weighted by Crippen LogP contribution is -2.07. The number of carbonyl (C=O) groups excluding carboxylic acids is 1. The topological polar surface area (TPSA) is 80.6 Å². The van der Waals surface area contributed by atoms with Crippen molar-refractivity contribution in [1.29, 1.82) is 0 Å². The summed E-state index contributed by atoms with van der Waals surface area (Å²) in [7, 11) is 0. The molecule has 1 N–H and O–H groups in total. The van der Waals surface area contributed by atoms with Gasteiger partial charge in [0.05, 0.1) is 10.2 Å². The third-order valence-corrected chi connectivity index (χ3v) is 3.34. The molecule has 22 heavy (non-hydrogen) atoms. The van der Waals surface area contributed by atoms with Crippen molar-refractivity contribution in [3.8, 4) is 5.75 Å². The summed E-state index contributed by atoms with van der Waals surface area (Å²) in [5.41, 5.74) is 0.842. The van der Waals surface area contributed by atoms with E-state index in [1.807, 2.05) is 0 Å². The number of amides is 2. The molecule has 6 nitrogen and oxygen atoms in total. The molecular weight excluding hydrogens is 357 g/mol. The first-order valence-corrected chi connectivity index (χ1v) is 7.02. The average molecular weight is 368 g/mol. The molecule has 0 aliphatic rings. The van der Waals surface area contributed by atoms with Crippen LogP contribution in [0.25, 0.3) is 0 Å². The lowest BCUT2D eigenvalue weighted by atomic mass is 10.2. The normalized spacial score (nSPS) is 11.6. The second-order valence-corrected chi connectivity index (χ2v) is 5.17. The molecule has 0 radical (unpaired) electrons. The van der Waals surface area contributed by atoms with E-state index in [9.17, 15) is 14.1 Å². The third kappa shape index (κ3) is 4.08. The minimum absolute atomic E-state index is 0.389. The Morgan fingerprint density at radius 1 is 1.41 bits per heavy atom. The molecule has 0 saturated carbocycles. The summed E-state index contributed by atoms with van der Waals surface area (Å²) in [6, 6.07) is 8.19. The fourth-order valence-corrected chi connectivity index (χ4v) is 2.19. The highest BCUT2D eigenvalue weighted by molar-refractivity contribution is 9.10. The number of anilines is 1. The third-order valence-electron chi connectivity index (χ3n) is 2.72. The Morgan fingerprint density at radius 3 is 2.82 bits per heavy atom. The molecule has 2 amide bonds. The molecule has 1 aromatic carbocycles. The summed E-state index contributed by atoms with van der Waals surface area (Å²) in [5, 5.41) is 4.53. The minimum Gasteiger partial charge on any atom is -0.483 e. The first-order chi connectivity index (χ1) is 10.5. The van der Waals surface area contributed by atoms with Crippen molar-refractivity contribution >= 4 is 27.6 Å². The van der Waals surface area contributed by atoms with Crippen LogP contribution >= 0.6 is 15.9 Å². The maximum Gasteiger partial charge on any atom is 0.383 e. The number of rotatable bonds is 4. The van der Waals surface area contributed by atoms with Crippen LogP contribution in [0.4, 0.5) is 14.9 Å². The van der Waals surface area contributed by atoms with E-state index in [-0.39, 0.29) is 0 Å². The molecule has 2 aromatic rings. The molecule has 0 saturated heterocycles. The van der Waals surface area contributed by atoms with Crippen molar-refractivity contribution in [3.05, 3.63) is 57.4 Å². The zero-order valence-corrected chi connectivity index (χ0v) is 13.0. The van der Waals surface area contributed by atoms with Gasteiger partial charge in [0, 0.05) is 10.9 Å². The average Bonchev–Trinajstić information content (AvgIpc) is 2.49. The monoisotopic (exact) mass is 367 g/mol. The Balaban J connectivity index is 2.13. The van der Waals surface area contributed by atoms with E-state index in [4.69, 9.17) is 4.74 Å². The molecule has 8 heteroatoms. The largest absolute Gasteiger partial charge is 0.483 e. The lowest BCUT2D eigenvalue weighted by molar-refractivity contribution is 0.219. The zero-order chi connectivity index (χ0) is 16.1. The smallest absolute Gasteiger partial charge is 0.383 e. The van der Waals surface area contributed by atoms with Gasteiger partial charge < -0.3 is 10.1 Å². The van der Waals surface area contributed by atoms with E-state index in [1.54, 1.807) is 37.3 Å². The number of nitrogens with one attached hydrogen (secondary N) is 1. The summed E-state index contributed by atoms with van der Waals surface area (Å²) in [5.74, 6) is -0.0953. The SMILES string of the molecule is CC(Oc1ccc(NC(=O)N=O)cc1Br)c1cccc(F)n1. The number of ether oxygens (including phenoxy) is 1. The van der Waals surface area contributed by atoms with Gasteiger partial charge in [-0.1, -0.05) is 6.07 Å². The quantitative estimate of drug-likeness (QED) is 0.640. The van der Waals surface area contributed by atoms with E-state index in [0.717, 1.165) is 0 Å². The second kappa shape index (κ2) is 7.08. The first kappa shape index (κ1) is 16.0. The number of nitrogens with zero attached hydrogens (tertiary/aromatic N) is 2. The van der Waals surface area contributed by atoms with Crippen LogP contribution in [0.2, 0.25) is 0 Å². The maximum absolute atomic E-state index is 13.1. The van der Waals surface area contributed by atoms with Crippen LogP contribution in [0.5, 0.6) is 5.75 Å². The Bertz CT molecular complexity index is 711. The molecule has 0 bridgehead atoms. The molecule has 2 rings (SSSR count). The number of halogens is 2. The summed E-state index contributed by atoms with van der Waals surface area (Å²) in [6.07, 6.45) is -0.468. The molecule has 1 aromatic heterocycles. The molecule has 1 heterocycles. The summed E-state index contributed by atoms with van der Waals surface area (Å²) < 4.78 is 19.4. The lowest BCUT2D eigenvalue weighted by Gasteiger charge is -2.16. The number of carbonyl (C=O) groups is 1. The van der Waals surface area contributed by atoms with Crippen molar-refractivity contribution < 1.29 is 13.9 Å². The maximum atomic E-state index is 13.1. The van der Waals surface area contributed by atoms with Gasteiger partial charge in [0.25, 0.3) is 0 Å². The molecular formula is C14H11BrFN3O3. The Kier molecular flexibility index (Phi) is 5.16. The van der Waals surface area contributed by atoms with Gasteiger partial charge >= 0.3 is 6.03 Å². The number of hydrogen-bond acceptors (Lipinski definition) is 4. The fourth-order valence-electron chi connectivity index (χ4n) is 1.72. The van der Waals surface area contributed by atoms with Gasteiger partial charge in [-0.25, -0.2) is 9.78 Å². The molecule has 0 fully saturated rings. The second-order valence-electron chi connectivity index (χ2n) is 4.31. The number of benzene rings is 1. The highest BCUT2D eigenvalue weighted by Crippen LogP contribution is 2.31. The Morgan fingerprint density at radius 2 is 2.18 bits per heavy atom. The van der Waals surface area contributed by atoms with E-state index in [1.165, 1.54) is 6.07 Å². The van der Waals surface area contributed by atoms with Crippen LogP contribution in [0.3, 0.4) is 0 Å².